The molecule has 1 aromatic carbocycles. The van der Waals surface area contributed by atoms with Gasteiger partial charge in [-0.15, -0.1) is 0 Å². The van der Waals surface area contributed by atoms with E-state index in [4.69, 9.17) is 16.3 Å². The molecule has 1 unspecified atom stereocenters. The van der Waals surface area contributed by atoms with Crippen molar-refractivity contribution < 1.29 is 19.1 Å². The van der Waals surface area contributed by atoms with E-state index in [0.717, 1.165) is 5.01 Å². The highest BCUT2D eigenvalue weighted by atomic mass is 35.5. The molecule has 1 saturated heterocycles. The SMILES string of the molecule is CC(=O)OCC1(C)CN(c2ccccc2)N(C(=O)Cl)C1=O. The molecule has 112 valence electrons. The number of nitrogens with zero attached hydrogens (tertiary/aromatic N) is 2. The lowest BCUT2D eigenvalue weighted by Crippen LogP contribution is -2.42. The van der Waals surface area contributed by atoms with Crippen molar-refractivity contribution in [2.24, 2.45) is 5.41 Å². The van der Waals surface area contributed by atoms with E-state index < -0.39 is 22.7 Å². The number of ether oxygens (including phenoxy) is 1. The Morgan fingerprint density at radius 2 is 1.95 bits per heavy atom. The number of rotatable bonds is 3. The van der Waals surface area contributed by atoms with Crippen molar-refractivity contribution in [2.75, 3.05) is 18.2 Å². The Kier molecular flexibility index (Phi) is 4.18. The van der Waals surface area contributed by atoms with Crippen LogP contribution in [0.4, 0.5) is 10.5 Å². The van der Waals surface area contributed by atoms with Crippen molar-refractivity contribution in [1.29, 1.82) is 0 Å². The quantitative estimate of drug-likeness (QED) is 0.486. The number of benzene rings is 1. The van der Waals surface area contributed by atoms with Crippen LogP contribution in [0.2, 0.25) is 0 Å². The third-order valence-electron chi connectivity index (χ3n) is 3.26. The van der Waals surface area contributed by atoms with Crippen LogP contribution in [0.15, 0.2) is 30.3 Å². The molecule has 1 aliphatic rings. The van der Waals surface area contributed by atoms with E-state index in [2.05, 4.69) is 0 Å². The van der Waals surface area contributed by atoms with Crippen LogP contribution >= 0.6 is 11.6 Å². The Bertz CT molecular complexity index is 578. The van der Waals surface area contributed by atoms with Crippen molar-refractivity contribution in [3.8, 4) is 0 Å². The predicted octanol–water partition coefficient (Wildman–Crippen LogP) is 2.18. The van der Waals surface area contributed by atoms with E-state index in [9.17, 15) is 14.4 Å². The lowest BCUT2D eigenvalue weighted by atomic mass is 9.92. The van der Waals surface area contributed by atoms with Crippen LogP contribution in [0.5, 0.6) is 0 Å². The standard InChI is InChI=1S/C14H15ClN2O4/c1-10(18)21-9-14(2)8-16(11-6-4-3-5-7-11)17(12(14)19)13(15)20/h3-7H,8-9H2,1-2H3. The number of anilines is 1. The van der Waals surface area contributed by atoms with E-state index in [-0.39, 0.29) is 13.2 Å². The maximum absolute atomic E-state index is 12.5. The summed E-state index contributed by atoms with van der Waals surface area (Å²) in [6, 6.07) is 8.93. The molecular weight excluding hydrogens is 296 g/mol. The average Bonchev–Trinajstić information content (AvgIpc) is 2.71. The fraction of sp³-hybridized carbons (Fsp3) is 0.357. The summed E-state index contributed by atoms with van der Waals surface area (Å²) in [5.74, 6) is -0.974. The van der Waals surface area contributed by atoms with Crippen LogP contribution < -0.4 is 5.01 Å². The zero-order valence-corrected chi connectivity index (χ0v) is 12.5. The number of carbonyl (C=O) groups excluding carboxylic acids is 3. The van der Waals surface area contributed by atoms with E-state index in [0.29, 0.717) is 5.69 Å². The molecule has 21 heavy (non-hydrogen) atoms. The first-order valence-electron chi connectivity index (χ1n) is 6.35. The van der Waals surface area contributed by atoms with Gasteiger partial charge in [0.25, 0.3) is 5.91 Å². The van der Waals surface area contributed by atoms with Gasteiger partial charge in [-0.2, -0.15) is 5.01 Å². The van der Waals surface area contributed by atoms with E-state index >= 15 is 0 Å². The molecule has 1 fully saturated rings. The molecule has 2 rings (SSSR count). The summed E-state index contributed by atoms with van der Waals surface area (Å²) in [5.41, 5.74) is -0.363. The van der Waals surface area contributed by atoms with Gasteiger partial charge in [-0.3, -0.25) is 19.4 Å². The molecule has 0 N–H and O–H groups in total. The second-order valence-electron chi connectivity index (χ2n) is 5.10. The van der Waals surface area contributed by atoms with E-state index in [1.165, 1.54) is 11.9 Å². The molecule has 6 nitrogen and oxygen atoms in total. The molecule has 1 atom stereocenters. The first kappa shape index (κ1) is 15.3. The van der Waals surface area contributed by atoms with Crippen molar-refractivity contribution >= 4 is 34.5 Å². The summed E-state index contributed by atoms with van der Waals surface area (Å²) in [7, 11) is 0. The maximum Gasteiger partial charge on any atom is 0.342 e. The second-order valence-corrected chi connectivity index (χ2v) is 5.43. The van der Waals surface area contributed by atoms with Crippen LogP contribution in [-0.4, -0.2) is 35.4 Å². The average molecular weight is 311 g/mol. The van der Waals surface area contributed by atoms with Crippen molar-refractivity contribution in [1.82, 2.24) is 5.01 Å². The summed E-state index contributed by atoms with van der Waals surface area (Å²) in [4.78, 5) is 35.0. The van der Waals surface area contributed by atoms with Gasteiger partial charge in [0.15, 0.2) is 0 Å². The lowest BCUT2D eigenvalue weighted by Gasteiger charge is -2.25. The first-order valence-corrected chi connectivity index (χ1v) is 6.73. The minimum Gasteiger partial charge on any atom is -0.465 e. The molecule has 0 bridgehead atoms. The monoisotopic (exact) mass is 310 g/mol. The summed E-state index contributed by atoms with van der Waals surface area (Å²) in [5, 5.41) is 1.47. The van der Waals surface area contributed by atoms with Crippen LogP contribution in [-0.2, 0) is 14.3 Å². The molecule has 0 radical (unpaired) electrons. The van der Waals surface area contributed by atoms with Gasteiger partial charge in [-0.1, -0.05) is 18.2 Å². The van der Waals surface area contributed by atoms with Crippen LogP contribution in [0.3, 0.4) is 0 Å². The number of halogens is 1. The molecule has 1 heterocycles. The minimum absolute atomic E-state index is 0.106. The van der Waals surface area contributed by atoms with Crippen molar-refractivity contribution in [3.63, 3.8) is 0 Å². The van der Waals surface area contributed by atoms with Crippen LogP contribution in [0, 0.1) is 5.41 Å². The molecule has 1 aromatic rings. The fourth-order valence-corrected chi connectivity index (χ4v) is 2.35. The number of hydrogen-bond acceptors (Lipinski definition) is 5. The zero-order valence-electron chi connectivity index (χ0n) is 11.7. The molecule has 0 aliphatic carbocycles. The highest BCUT2D eigenvalue weighted by Crippen LogP contribution is 2.35. The van der Waals surface area contributed by atoms with Gasteiger partial charge in [0.05, 0.1) is 12.2 Å². The topological polar surface area (TPSA) is 66.9 Å². The van der Waals surface area contributed by atoms with Gasteiger partial charge < -0.3 is 4.74 Å². The van der Waals surface area contributed by atoms with Gasteiger partial charge in [0.1, 0.15) is 12.0 Å². The molecule has 7 heteroatoms. The van der Waals surface area contributed by atoms with Gasteiger partial charge in [0.2, 0.25) is 0 Å². The minimum atomic E-state index is -1.02. The summed E-state index contributed by atoms with van der Waals surface area (Å²) < 4.78 is 4.94. The Labute approximate surface area is 127 Å². The smallest absolute Gasteiger partial charge is 0.342 e. The van der Waals surface area contributed by atoms with Gasteiger partial charge in [0, 0.05) is 6.92 Å². The van der Waals surface area contributed by atoms with Crippen LogP contribution in [0.1, 0.15) is 13.8 Å². The third-order valence-corrected chi connectivity index (χ3v) is 3.42. The highest BCUT2D eigenvalue weighted by molar-refractivity contribution is 6.64. The molecule has 2 amide bonds. The Morgan fingerprint density at radius 1 is 1.33 bits per heavy atom. The lowest BCUT2D eigenvalue weighted by molar-refractivity contribution is -0.147. The highest BCUT2D eigenvalue weighted by Gasteiger charge is 2.51. The van der Waals surface area contributed by atoms with Gasteiger partial charge in [-0.25, -0.2) is 0 Å². The Balaban J connectivity index is 2.32. The zero-order chi connectivity index (χ0) is 15.6. The number of hydrogen-bond donors (Lipinski definition) is 0. The van der Waals surface area contributed by atoms with Crippen LogP contribution in [0.25, 0.3) is 0 Å². The predicted molar refractivity (Wildman–Crippen MR) is 76.6 cm³/mol. The van der Waals surface area contributed by atoms with Crippen molar-refractivity contribution in [2.45, 2.75) is 13.8 Å². The fourth-order valence-electron chi connectivity index (χ4n) is 2.18. The number of amides is 2. The summed E-state index contributed by atoms with van der Waals surface area (Å²) in [6.07, 6.45) is 0. The molecule has 1 aliphatic heterocycles. The Morgan fingerprint density at radius 3 is 2.48 bits per heavy atom. The number of carbonyl (C=O) groups is 3. The Hall–Kier alpha value is -2.08. The number of imide groups is 1. The van der Waals surface area contributed by atoms with E-state index in [1.807, 2.05) is 6.07 Å². The summed E-state index contributed by atoms with van der Waals surface area (Å²) in [6.45, 7) is 2.99. The summed E-state index contributed by atoms with van der Waals surface area (Å²) >= 11 is 5.53. The molecule has 0 aromatic heterocycles. The van der Waals surface area contributed by atoms with E-state index in [1.54, 1.807) is 31.2 Å². The van der Waals surface area contributed by atoms with Crippen molar-refractivity contribution in [3.05, 3.63) is 30.3 Å². The molecule has 0 saturated carbocycles. The number of para-hydroxylation sites is 1. The van der Waals surface area contributed by atoms with Gasteiger partial charge in [-0.05, 0) is 30.7 Å². The molecule has 0 spiro atoms. The normalized spacial score (nSPS) is 21.6. The van der Waals surface area contributed by atoms with Gasteiger partial charge >= 0.3 is 11.3 Å². The third kappa shape index (κ3) is 3.00. The maximum atomic E-state index is 12.5. The largest absolute Gasteiger partial charge is 0.465 e. The first-order chi connectivity index (χ1) is 9.85. The number of hydrazine groups is 1. The number of esters is 1. The second kappa shape index (κ2) is 5.73. The molecular formula is C14H15ClN2O4.